The van der Waals surface area contributed by atoms with Crippen LogP contribution in [0.15, 0.2) is 30.5 Å². The first-order valence-electron chi connectivity index (χ1n) is 5.54. The second-order valence-electron chi connectivity index (χ2n) is 3.89. The molecule has 6 nitrogen and oxygen atoms in total. The lowest BCUT2D eigenvalue weighted by molar-refractivity contribution is 0.0711. The number of hydrogen-bond donors (Lipinski definition) is 3. The molecule has 2 aromatic heterocycles. The number of hydroxylamine groups is 1. The maximum atomic E-state index is 11.9. The van der Waals surface area contributed by atoms with Gasteiger partial charge in [0.25, 0.3) is 11.8 Å². The Bertz CT molecular complexity index is 603. The number of carbonyl (C=O) groups excluding carboxylic acids is 2. The molecule has 0 radical (unpaired) electrons. The van der Waals surface area contributed by atoms with Gasteiger partial charge in [-0.3, -0.25) is 14.8 Å². The molecule has 0 aromatic carbocycles. The van der Waals surface area contributed by atoms with Crippen LogP contribution in [0.25, 0.3) is 0 Å². The maximum absolute atomic E-state index is 11.9. The van der Waals surface area contributed by atoms with Gasteiger partial charge in [0.2, 0.25) is 0 Å². The quantitative estimate of drug-likeness (QED) is 0.579. The molecule has 2 aromatic rings. The van der Waals surface area contributed by atoms with Crippen molar-refractivity contribution >= 4 is 23.2 Å². The highest BCUT2D eigenvalue weighted by Crippen LogP contribution is 2.16. The fourth-order valence-electron chi connectivity index (χ4n) is 1.61. The summed E-state index contributed by atoms with van der Waals surface area (Å²) in [5.41, 5.74) is 2.14. The van der Waals surface area contributed by atoms with Crippen molar-refractivity contribution < 1.29 is 14.8 Å². The van der Waals surface area contributed by atoms with Crippen molar-refractivity contribution in [3.63, 3.8) is 0 Å². The molecule has 0 aliphatic rings. The molecule has 0 saturated heterocycles. The summed E-state index contributed by atoms with van der Waals surface area (Å²) in [5, 5.41) is 11.3. The van der Waals surface area contributed by atoms with E-state index in [-0.39, 0.29) is 5.91 Å². The molecule has 3 N–H and O–H groups in total. The lowest BCUT2D eigenvalue weighted by atomic mass is 10.3. The monoisotopic (exact) mass is 279 g/mol. The highest BCUT2D eigenvalue weighted by molar-refractivity contribution is 7.14. The first kappa shape index (κ1) is 13.3. The van der Waals surface area contributed by atoms with E-state index in [9.17, 15) is 9.59 Å². The third kappa shape index (κ3) is 3.01. The zero-order chi connectivity index (χ0) is 13.8. The molecule has 0 fully saturated rings. The average Bonchev–Trinajstić information content (AvgIpc) is 3.04. The molecule has 2 amide bonds. The molecular formula is C12H13N3O3S. The zero-order valence-corrected chi connectivity index (χ0v) is 11.0. The van der Waals surface area contributed by atoms with Crippen LogP contribution < -0.4 is 10.8 Å². The molecule has 2 heterocycles. The van der Waals surface area contributed by atoms with Gasteiger partial charge < -0.3 is 9.88 Å². The van der Waals surface area contributed by atoms with Gasteiger partial charge >= 0.3 is 0 Å². The fourth-order valence-corrected chi connectivity index (χ4v) is 2.44. The van der Waals surface area contributed by atoms with Gasteiger partial charge in [-0.15, -0.1) is 11.3 Å². The van der Waals surface area contributed by atoms with E-state index in [2.05, 4.69) is 5.32 Å². The van der Waals surface area contributed by atoms with Crippen LogP contribution in [0.2, 0.25) is 0 Å². The third-order valence-electron chi connectivity index (χ3n) is 2.59. The summed E-state index contributed by atoms with van der Waals surface area (Å²) in [6.45, 7) is 0.341. The number of aryl methyl sites for hydroxylation is 1. The van der Waals surface area contributed by atoms with E-state index in [1.165, 1.54) is 11.3 Å². The van der Waals surface area contributed by atoms with E-state index in [1.807, 2.05) is 0 Å². The number of nitrogens with zero attached hydrogens (tertiary/aromatic N) is 1. The van der Waals surface area contributed by atoms with E-state index >= 15 is 0 Å². The van der Waals surface area contributed by atoms with Gasteiger partial charge in [-0.25, -0.2) is 5.48 Å². The summed E-state index contributed by atoms with van der Waals surface area (Å²) in [4.78, 5) is 24.2. The highest BCUT2D eigenvalue weighted by atomic mass is 32.1. The molecule has 7 heteroatoms. The molecule has 0 spiro atoms. The molecule has 100 valence electrons. The largest absolute Gasteiger partial charge is 0.347 e. The van der Waals surface area contributed by atoms with Crippen LogP contribution in [-0.2, 0) is 13.6 Å². The van der Waals surface area contributed by atoms with Crippen LogP contribution in [0.3, 0.4) is 0 Å². The van der Waals surface area contributed by atoms with E-state index in [4.69, 9.17) is 5.21 Å². The summed E-state index contributed by atoms with van der Waals surface area (Å²) >= 11 is 1.22. The number of thiophene rings is 1. The highest BCUT2D eigenvalue weighted by Gasteiger charge is 2.11. The maximum Gasteiger partial charge on any atom is 0.284 e. The van der Waals surface area contributed by atoms with Gasteiger partial charge in [0.15, 0.2) is 0 Å². The summed E-state index contributed by atoms with van der Waals surface area (Å²) in [6.07, 6.45) is 1.80. The Morgan fingerprint density at radius 2 is 2.11 bits per heavy atom. The summed E-state index contributed by atoms with van der Waals surface area (Å²) in [5.74, 6) is -0.723. The Labute approximate surface area is 113 Å². The Kier molecular flexibility index (Phi) is 3.98. The molecule has 19 heavy (non-hydrogen) atoms. The number of amides is 2. The van der Waals surface area contributed by atoms with Crippen LogP contribution in [0.5, 0.6) is 0 Å². The predicted molar refractivity (Wildman–Crippen MR) is 70.2 cm³/mol. The number of aromatic nitrogens is 1. The first-order chi connectivity index (χ1) is 9.11. The summed E-state index contributed by atoms with van der Waals surface area (Å²) in [7, 11) is 1.80. The van der Waals surface area contributed by atoms with Gasteiger partial charge in [-0.1, -0.05) is 0 Å². The number of rotatable bonds is 4. The van der Waals surface area contributed by atoms with E-state index in [0.717, 1.165) is 4.88 Å². The number of carbonyl (C=O) groups is 2. The van der Waals surface area contributed by atoms with Crippen LogP contribution in [0, 0.1) is 0 Å². The number of hydrogen-bond acceptors (Lipinski definition) is 4. The molecule has 0 atom stereocenters. The van der Waals surface area contributed by atoms with Crippen LogP contribution >= 0.6 is 11.3 Å². The molecular weight excluding hydrogens is 266 g/mol. The van der Waals surface area contributed by atoms with Crippen molar-refractivity contribution in [3.8, 4) is 0 Å². The minimum atomic E-state index is -0.551. The fraction of sp³-hybridized carbons (Fsp3) is 0.167. The topological polar surface area (TPSA) is 83.4 Å². The second-order valence-corrected chi connectivity index (χ2v) is 5.06. The van der Waals surface area contributed by atoms with Crippen molar-refractivity contribution in [2.75, 3.05) is 0 Å². The van der Waals surface area contributed by atoms with Crippen LogP contribution in [0.4, 0.5) is 0 Å². The van der Waals surface area contributed by atoms with E-state index in [0.29, 0.717) is 17.1 Å². The summed E-state index contributed by atoms with van der Waals surface area (Å²) < 4.78 is 1.73. The molecule has 0 bridgehead atoms. The van der Waals surface area contributed by atoms with Crippen molar-refractivity contribution in [2.45, 2.75) is 6.54 Å². The Hall–Kier alpha value is -2.12. The van der Waals surface area contributed by atoms with Gasteiger partial charge in [0, 0.05) is 18.1 Å². The van der Waals surface area contributed by atoms with Crippen molar-refractivity contribution in [2.24, 2.45) is 7.05 Å². The molecule has 0 aliphatic carbocycles. The first-order valence-corrected chi connectivity index (χ1v) is 6.36. The smallest absolute Gasteiger partial charge is 0.284 e. The molecule has 0 saturated carbocycles. The Morgan fingerprint density at radius 3 is 2.74 bits per heavy atom. The van der Waals surface area contributed by atoms with Gasteiger partial charge in [0.05, 0.1) is 11.4 Å². The zero-order valence-electron chi connectivity index (χ0n) is 10.2. The van der Waals surface area contributed by atoms with Crippen LogP contribution in [-0.4, -0.2) is 21.6 Å². The van der Waals surface area contributed by atoms with Gasteiger partial charge in [-0.2, -0.15) is 0 Å². The van der Waals surface area contributed by atoms with E-state index < -0.39 is 5.91 Å². The van der Waals surface area contributed by atoms with Gasteiger partial charge in [-0.05, 0) is 24.3 Å². The Morgan fingerprint density at radius 1 is 1.32 bits per heavy atom. The average molecular weight is 279 g/mol. The second kappa shape index (κ2) is 5.68. The standard InChI is InChI=1S/C12H13N3O3S/c1-15-6-2-3-9(15)11(16)13-7-8-4-5-10(19-8)12(17)14-18/h2-6,18H,7H2,1H3,(H,13,16)(H,14,17). The minimum absolute atomic E-state index is 0.172. The minimum Gasteiger partial charge on any atom is -0.347 e. The van der Waals surface area contributed by atoms with Crippen molar-refractivity contribution in [1.29, 1.82) is 0 Å². The Balaban J connectivity index is 1.96. The van der Waals surface area contributed by atoms with Crippen molar-refractivity contribution in [1.82, 2.24) is 15.4 Å². The third-order valence-corrected chi connectivity index (χ3v) is 3.67. The molecule has 0 unspecified atom stereocenters. The predicted octanol–water partition coefficient (Wildman–Crippen LogP) is 1.14. The lowest BCUT2D eigenvalue weighted by Crippen LogP contribution is -2.24. The SMILES string of the molecule is Cn1cccc1C(=O)NCc1ccc(C(=O)NO)s1. The normalized spacial score (nSPS) is 10.2. The summed E-state index contributed by atoms with van der Waals surface area (Å²) in [6, 6.07) is 6.86. The number of nitrogens with one attached hydrogen (secondary N) is 2. The molecule has 2 rings (SSSR count). The van der Waals surface area contributed by atoms with Crippen LogP contribution in [0.1, 0.15) is 25.0 Å². The van der Waals surface area contributed by atoms with Crippen molar-refractivity contribution in [3.05, 3.63) is 45.9 Å². The van der Waals surface area contributed by atoms with E-state index in [1.54, 1.807) is 47.6 Å². The molecule has 0 aliphatic heterocycles. The lowest BCUT2D eigenvalue weighted by Gasteiger charge is -2.04. The van der Waals surface area contributed by atoms with Gasteiger partial charge in [0.1, 0.15) is 5.69 Å².